The normalized spacial score (nSPS) is 11.9. The predicted molar refractivity (Wildman–Crippen MR) is 77.7 cm³/mol. The van der Waals surface area contributed by atoms with Crippen LogP contribution in [0.1, 0.15) is 66.2 Å². The third kappa shape index (κ3) is 16.1. The number of hydrogen-bond donors (Lipinski definition) is 0. The van der Waals surface area contributed by atoms with Crippen molar-refractivity contribution in [3.05, 3.63) is 0 Å². The molecule has 124 valence electrons. The van der Waals surface area contributed by atoms with Gasteiger partial charge in [0, 0.05) is 0 Å². The Hall–Kier alpha value is 0.0700. The smallest absolute Gasteiger partial charge is 0.0786 e. The van der Waals surface area contributed by atoms with Crippen molar-refractivity contribution in [1.82, 2.24) is 0 Å². The van der Waals surface area contributed by atoms with Crippen LogP contribution in [0.4, 0.5) is 0 Å². The van der Waals surface area contributed by atoms with Gasteiger partial charge in [0.2, 0.25) is 0 Å². The molecule has 0 spiro atoms. The van der Waals surface area contributed by atoms with Gasteiger partial charge >= 0.3 is 0 Å². The number of unbranched alkanes of at least 4 members (excludes halogenated alkanes) is 5. The Bertz CT molecular complexity index is 235. The first-order valence-corrected chi connectivity index (χ1v) is 9.28. The van der Waals surface area contributed by atoms with Crippen molar-refractivity contribution in [2.24, 2.45) is 0 Å². The molecule has 0 aliphatic heterocycles. The summed E-state index contributed by atoms with van der Waals surface area (Å²) in [7, 11) is -5.39. The van der Waals surface area contributed by atoms with E-state index in [0.717, 1.165) is 0 Å². The molecule has 0 amide bonds. The lowest BCUT2D eigenvalue weighted by Gasteiger charge is -2.36. The van der Waals surface area contributed by atoms with Gasteiger partial charge in [-0.2, -0.15) is 7.82 Å². The Kier molecular flexibility index (Phi) is 14.3. The van der Waals surface area contributed by atoms with Crippen molar-refractivity contribution < 1.29 is 23.7 Å². The van der Waals surface area contributed by atoms with Crippen LogP contribution >= 0.6 is 7.82 Å². The van der Waals surface area contributed by atoms with Crippen LogP contribution in [0.2, 0.25) is 0 Å². The lowest BCUT2D eigenvalue weighted by molar-refractivity contribution is -0.923. The van der Waals surface area contributed by atoms with E-state index >= 15 is 0 Å². The van der Waals surface area contributed by atoms with E-state index in [4.69, 9.17) is 19.2 Å². The predicted octanol–water partition coefficient (Wildman–Crippen LogP) is 1.40. The highest BCUT2D eigenvalue weighted by Gasteiger charge is 2.19. The maximum absolute atomic E-state index is 8.55. The average molecular weight is 309 g/mol. The summed E-state index contributed by atoms with van der Waals surface area (Å²) in [6, 6.07) is 0. The van der Waals surface area contributed by atoms with Crippen molar-refractivity contribution in [2.75, 3.05) is 26.2 Å². The summed E-state index contributed by atoms with van der Waals surface area (Å²) in [6.07, 6.45) is 8.55. The molecule has 0 atom stereocenters. The van der Waals surface area contributed by atoms with Gasteiger partial charge in [-0.15, -0.1) is 0 Å². The summed E-state index contributed by atoms with van der Waals surface area (Å²) >= 11 is 0. The molecule has 20 heavy (non-hydrogen) atoms. The summed E-state index contributed by atoms with van der Waals surface area (Å²) in [5.74, 6) is 0. The summed E-state index contributed by atoms with van der Waals surface area (Å²) in [4.78, 5) is 25.6. The SMILES string of the molecule is CCCCCCCC[N+](CC)(CC)CC.O=P([O-])([O-])[O-]. The molecule has 0 aliphatic carbocycles. The monoisotopic (exact) mass is 309 g/mol. The lowest BCUT2D eigenvalue weighted by atomic mass is 10.1. The first-order chi connectivity index (χ1) is 9.24. The summed E-state index contributed by atoms with van der Waals surface area (Å²) < 4.78 is 9.88. The Morgan fingerprint density at radius 1 is 0.750 bits per heavy atom. The van der Waals surface area contributed by atoms with E-state index in [-0.39, 0.29) is 0 Å². The maximum Gasteiger partial charge on any atom is 0.0786 e. The highest BCUT2D eigenvalue weighted by atomic mass is 31.2. The van der Waals surface area contributed by atoms with E-state index in [9.17, 15) is 0 Å². The zero-order chi connectivity index (χ0) is 16.1. The summed E-state index contributed by atoms with van der Waals surface area (Å²) in [5.41, 5.74) is 0. The van der Waals surface area contributed by atoms with Gasteiger partial charge in [0.1, 0.15) is 0 Å². The second-order valence-electron chi connectivity index (χ2n) is 5.23. The quantitative estimate of drug-likeness (QED) is 0.347. The van der Waals surface area contributed by atoms with Crippen LogP contribution < -0.4 is 14.7 Å². The van der Waals surface area contributed by atoms with Crippen molar-refractivity contribution in [1.29, 1.82) is 0 Å². The number of rotatable bonds is 10. The largest absolute Gasteiger partial charge is 0.822 e. The second-order valence-corrected chi connectivity index (χ2v) is 6.12. The third-order valence-corrected chi connectivity index (χ3v) is 4.00. The standard InChI is InChI=1S/C14H32N.H3O4P/c1-5-9-10-11-12-13-14-15(6-2,7-3)8-4;1-5(2,3)4/h5-14H2,1-4H3;(H3,1,2,3,4)/q+1;/p-3. The highest BCUT2D eigenvalue weighted by Crippen LogP contribution is 2.11. The highest BCUT2D eigenvalue weighted by molar-refractivity contribution is 7.40. The Balaban J connectivity index is 0. The fourth-order valence-corrected chi connectivity index (χ4v) is 2.37. The third-order valence-electron chi connectivity index (χ3n) is 4.00. The molecule has 0 fully saturated rings. The molecular weight excluding hydrogens is 277 g/mol. The van der Waals surface area contributed by atoms with Gasteiger partial charge in [-0.25, -0.2) is 0 Å². The van der Waals surface area contributed by atoms with Gasteiger partial charge in [0.25, 0.3) is 0 Å². The van der Waals surface area contributed by atoms with E-state index in [1.54, 1.807) is 0 Å². The molecule has 0 rings (SSSR count). The minimum atomic E-state index is -5.39. The van der Waals surface area contributed by atoms with Crippen LogP contribution in [0, 0.1) is 0 Å². The summed E-state index contributed by atoms with van der Waals surface area (Å²) in [6.45, 7) is 14.6. The fourth-order valence-electron chi connectivity index (χ4n) is 2.37. The van der Waals surface area contributed by atoms with Crippen molar-refractivity contribution in [2.45, 2.75) is 66.2 Å². The molecule has 0 N–H and O–H groups in total. The molecule has 0 aliphatic rings. The van der Waals surface area contributed by atoms with Crippen molar-refractivity contribution in [3.63, 3.8) is 0 Å². The molecule has 5 nitrogen and oxygen atoms in total. The first kappa shape index (κ1) is 22.4. The topological polar surface area (TPSA) is 86.2 Å². The Morgan fingerprint density at radius 3 is 1.45 bits per heavy atom. The van der Waals surface area contributed by atoms with Crippen LogP contribution in [-0.2, 0) is 4.57 Å². The van der Waals surface area contributed by atoms with Crippen LogP contribution in [0.25, 0.3) is 0 Å². The molecule has 6 heteroatoms. The van der Waals surface area contributed by atoms with Gasteiger partial charge in [0.15, 0.2) is 0 Å². The minimum Gasteiger partial charge on any atom is -0.822 e. The minimum absolute atomic E-state index is 1.31. The number of phosphoric acid groups is 1. The Labute approximate surface area is 124 Å². The average Bonchev–Trinajstić information content (AvgIpc) is 2.37. The maximum atomic E-state index is 8.55. The summed E-state index contributed by atoms with van der Waals surface area (Å²) in [5, 5.41) is 0. The van der Waals surface area contributed by atoms with Gasteiger partial charge in [-0.1, -0.05) is 32.6 Å². The molecular formula is C14H32NO4P-2. The Morgan fingerprint density at radius 2 is 1.10 bits per heavy atom. The van der Waals surface area contributed by atoms with Crippen molar-refractivity contribution in [3.8, 4) is 0 Å². The molecule has 0 aromatic rings. The number of quaternary nitrogens is 1. The van der Waals surface area contributed by atoms with Gasteiger partial charge in [-0.05, 0) is 33.6 Å². The van der Waals surface area contributed by atoms with Gasteiger partial charge in [0.05, 0.1) is 26.2 Å². The molecule has 0 saturated carbocycles. The molecule has 0 aromatic carbocycles. The zero-order valence-corrected chi connectivity index (χ0v) is 14.5. The van der Waals surface area contributed by atoms with Crippen LogP contribution in [0.15, 0.2) is 0 Å². The van der Waals surface area contributed by atoms with E-state index in [1.165, 1.54) is 69.2 Å². The zero-order valence-electron chi connectivity index (χ0n) is 13.6. The molecule has 0 unspecified atom stereocenters. The van der Waals surface area contributed by atoms with Crippen LogP contribution in [0.5, 0.6) is 0 Å². The van der Waals surface area contributed by atoms with Gasteiger partial charge in [-0.3, -0.25) is 0 Å². The second kappa shape index (κ2) is 12.8. The van der Waals surface area contributed by atoms with E-state index in [1.807, 2.05) is 0 Å². The molecule has 0 heterocycles. The van der Waals surface area contributed by atoms with Crippen LogP contribution in [0.3, 0.4) is 0 Å². The molecule has 0 aromatic heterocycles. The fraction of sp³-hybridized carbons (Fsp3) is 1.00. The molecule has 0 bridgehead atoms. The molecule has 0 saturated heterocycles. The number of nitrogens with zero attached hydrogens (tertiary/aromatic N) is 1. The van der Waals surface area contributed by atoms with Crippen LogP contribution in [-0.4, -0.2) is 30.7 Å². The van der Waals surface area contributed by atoms with E-state index in [2.05, 4.69) is 27.7 Å². The van der Waals surface area contributed by atoms with Gasteiger partial charge < -0.3 is 23.7 Å². The lowest BCUT2D eigenvalue weighted by Crippen LogP contribution is -2.48. The van der Waals surface area contributed by atoms with Crippen molar-refractivity contribution >= 4 is 7.82 Å². The number of hydrogen-bond acceptors (Lipinski definition) is 4. The van der Waals surface area contributed by atoms with E-state index < -0.39 is 7.82 Å². The van der Waals surface area contributed by atoms with E-state index in [0.29, 0.717) is 0 Å². The first-order valence-electron chi connectivity index (χ1n) is 7.82. The molecule has 0 radical (unpaired) electrons.